The van der Waals surface area contributed by atoms with Crippen molar-refractivity contribution in [2.24, 2.45) is 0 Å². The van der Waals surface area contributed by atoms with Crippen LogP contribution in [0.4, 0.5) is 0 Å². The van der Waals surface area contributed by atoms with Crippen LogP contribution in [-0.2, 0) is 6.54 Å². The summed E-state index contributed by atoms with van der Waals surface area (Å²) in [5.74, 6) is 0.794. The third kappa shape index (κ3) is 3.62. The van der Waals surface area contributed by atoms with Gasteiger partial charge < -0.3 is 4.74 Å². The minimum absolute atomic E-state index is 0.0867. The fourth-order valence-corrected chi connectivity index (χ4v) is 2.58. The Balaban J connectivity index is 2.69. The predicted octanol–water partition coefficient (Wildman–Crippen LogP) is 3.26. The van der Waals surface area contributed by atoms with E-state index >= 15 is 0 Å². The second-order valence-corrected chi connectivity index (χ2v) is 5.96. The van der Waals surface area contributed by atoms with Crippen LogP contribution in [0, 0.1) is 13.8 Å². The lowest BCUT2D eigenvalue weighted by molar-refractivity contribution is 0.411. The van der Waals surface area contributed by atoms with E-state index in [0.717, 1.165) is 11.1 Å². The molecule has 1 aromatic heterocycles. The Kier molecular flexibility index (Phi) is 4.89. The molecule has 0 aliphatic heterocycles. The molecule has 1 heterocycles. The van der Waals surface area contributed by atoms with E-state index in [0.29, 0.717) is 11.3 Å². The molecule has 0 fully saturated rings. The third-order valence-corrected chi connectivity index (χ3v) is 3.48. The molecule has 1 aromatic carbocycles. The molecule has 0 radical (unpaired) electrons. The average Bonchev–Trinajstić information content (AvgIpc) is 2.41. The summed E-state index contributed by atoms with van der Waals surface area (Å²) >= 11 is 0. The van der Waals surface area contributed by atoms with Crippen molar-refractivity contribution < 1.29 is 4.74 Å². The summed E-state index contributed by atoms with van der Waals surface area (Å²) in [6.45, 7) is 11.6. The molecule has 23 heavy (non-hydrogen) atoms. The van der Waals surface area contributed by atoms with Gasteiger partial charge in [-0.2, -0.15) is 0 Å². The highest BCUT2D eigenvalue weighted by Crippen LogP contribution is 2.28. The van der Waals surface area contributed by atoms with Gasteiger partial charge in [0.15, 0.2) is 0 Å². The van der Waals surface area contributed by atoms with Gasteiger partial charge in [-0.25, -0.2) is 4.79 Å². The van der Waals surface area contributed by atoms with E-state index in [1.807, 2.05) is 45.9 Å². The predicted molar refractivity (Wildman–Crippen MR) is 91.6 cm³/mol. The van der Waals surface area contributed by atoms with E-state index in [1.165, 1.54) is 4.57 Å². The number of rotatable bonds is 5. The molecule has 0 saturated heterocycles. The zero-order valence-corrected chi connectivity index (χ0v) is 14.0. The van der Waals surface area contributed by atoms with E-state index in [-0.39, 0.29) is 18.3 Å². The van der Waals surface area contributed by atoms with Crippen LogP contribution in [0.25, 0.3) is 0 Å². The van der Waals surface area contributed by atoms with Crippen molar-refractivity contribution in [2.45, 2.75) is 40.2 Å². The van der Waals surface area contributed by atoms with Gasteiger partial charge >= 0.3 is 5.69 Å². The number of aryl methyl sites for hydroxylation is 2. The number of H-pyrrole nitrogens is 1. The number of aromatic nitrogens is 2. The Morgan fingerprint density at radius 3 is 2.35 bits per heavy atom. The summed E-state index contributed by atoms with van der Waals surface area (Å²) in [6, 6.07) is 5.78. The highest BCUT2D eigenvalue weighted by Gasteiger charge is 2.19. The van der Waals surface area contributed by atoms with Gasteiger partial charge in [-0.1, -0.05) is 26.0 Å². The first-order valence-corrected chi connectivity index (χ1v) is 7.57. The van der Waals surface area contributed by atoms with Crippen molar-refractivity contribution in [3.8, 4) is 11.6 Å². The molecule has 2 rings (SSSR count). The van der Waals surface area contributed by atoms with Crippen LogP contribution in [0.5, 0.6) is 11.6 Å². The zero-order valence-electron chi connectivity index (χ0n) is 14.0. The van der Waals surface area contributed by atoms with Crippen molar-refractivity contribution >= 4 is 0 Å². The average molecular weight is 314 g/mol. The summed E-state index contributed by atoms with van der Waals surface area (Å²) < 4.78 is 7.36. The van der Waals surface area contributed by atoms with E-state index in [1.54, 1.807) is 6.08 Å². The normalized spacial score (nSPS) is 10.8. The van der Waals surface area contributed by atoms with E-state index < -0.39 is 11.2 Å². The molecule has 1 N–H and O–H groups in total. The Labute approximate surface area is 135 Å². The topological polar surface area (TPSA) is 64.1 Å². The molecule has 5 heteroatoms. The molecule has 0 aliphatic rings. The molecule has 2 aromatic rings. The third-order valence-electron chi connectivity index (χ3n) is 3.48. The second-order valence-electron chi connectivity index (χ2n) is 5.96. The summed E-state index contributed by atoms with van der Waals surface area (Å²) in [6.07, 6.45) is 1.60. The molecule has 5 nitrogen and oxygen atoms in total. The lowest BCUT2D eigenvalue weighted by Gasteiger charge is -2.17. The van der Waals surface area contributed by atoms with E-state index in [9.17, 15) is 9.59 Å². The number of ether oxygens (including phenoxy) is 1. The van der Waals surface area contributed by atoms with Gasteiger partial charge in [-0.15, -0.1) is 6.58 Å². The van der Waals surface area contributed by atoms with Crippen LogP contribution >= 0.6 is 0 Å². The van der Waals surface area contributed by atoms with Gasteiger partial charge in [0.05, 0.1) is 5.56 Å². The summed E-state index contributed by atoms with van der Waals surface area (Å²) in [5, 5.41) is 0. The summed E-state index contributed by atoms with van der Waals surface area (Å²) in [4.78, 5) is 26.7. The molecular formula is C18H22N2O3. The van der Waals surface area contributed by atoms with E-state index in [4.69, 9.17) is 4.74 Å². The SMILES string of the molecule is C=CCn1c(Oc2cc(C)cc(C)c2)c(C(C)C)c(=O)[nH]c1=O. The Morgan fingerprint density at radius 2 is 1.83 bits per heavy atom. The van der Waals surface area contributed by atoms with E-state index in [2.05, 4.69) is 11.6 Å². The molecule has 0 atom stereocenters. The monoisotopic (exact) mass is 314 g/mol. The number of hydrogen-bond acceptors (Lipinski definition) is 3. The molecule has 0 spiro atoms. The van der Waals surface area contributed by atoms with Crippen LogP contribution in [0.3, 0.4) is 0 Å². The molecular weight excluding hydrogens is 292 g/mol. The van der Waals surface area contributed by atoms with Gasteiger partial charge in [-0.05, 0) is 43.0 Å². The Hall–Kier alpha value is -2.56. The maximum absolute atomic E-state index is 12.2. The van der Waals surface area contributed by atoms with Gasteiger partial charge in [0.25, 0.3) is 5.56 Å². The van der Waals surface area contributed by atoms with Crippen LogP contribution in [0.2, 0.25) is 0 Å². The molecule has 0 saturated carbocycles. The first-order chi connectivity index (χ1) is 10.8. The number of aromatic amines is 1. The smallest absolute Gasteiger partial charge is 0.331 e. The highest BCUT2D eigenvalue weighted by molar-refractivity contribution is 5.38. The molecule has 0 amide bonds. The fraction of sp³-hybridized carbons (Fsp3) is 0.333. The van der Waals surface area contributed by atoms with Crippen LogP contribution in [0.15, 0.2) is 40.4 Å². The molecule has 0 bridgehead atoms. The summed E-state index contributed by atoms with van der Waals surface area (Å²) in [5.41, 5.74) is 1.64. The van der Waals surface area contributed by atoms with Gasteiger partial charge in [0, 0.05) is 6.54 Å². The molecule has 0 aliphatic carbocycles. The molecule has 0 unspecified atom stereocenters. The number of benzene rings is 1. The van der Waals surface area contributed by atoms with Gasteiger partial charge in [0.2, 0.25) is 5.88 Å². The zero-order chi connectivity index (χ0) is 17.1. The van der Waals surface area contributed by atoms with Crippen molar-refractivity contribution in [3.63, 3.8) is 0 Å². The minimum atomic E-state index is -0.501. The van der Waals surface area contributed by atoms with Crippen molar-refractivity contribution in [3.05, 3.63) is 68.4 Å². The van der Waals surface area contributed by atoms with Crippen LogP contribution in [-0.4, -0.2) is 9.55 Å². The lowest BCUT2D eigenvalue weighted by Crippen LogP contribution is -2.33. The maximum Gasteiger partial charge on any atom is 0.331 e. The second kappa shape index (κ2) is 6.69. The number of nitrogens with zero attached hydrogens (tertiary/aromatic N) is 1. The van der Waals surface area contributed by atoms with Crippen molar-refractivity contribution in [1.82, 2.24) is 9.55 Å². The maximum atomic E-state index is 12.2. The van der Waals surface area contributed by atoms with Gasteiger partial charge in [-0.3, -0.25) is 14.3 Å². The quantitative estimate of drug-likeness (QED) is 0.862. The van der Waals surface area contributed by atoms with Crippen molar-refractivity contribution in [1.29, 1.82) is 0 Å². The first kappa shape index (κ1) is 16.8. The largest absolute Gasteiger partial charge is 0.440 e. The standard InChI is InChI=1S/C18H22N2O3/c1-6-7-20-17(15(11(2)3)16(21)19-18(20)22)23-14-9-12(4)8-13(5)10-14/h6,8-11H,1,7H2,2-5H3,(H,19,21,22). The van der Waals surface area contributed by atoms with Crippen LogP contribution in [0.1, 0.15) is 36.5 Å². The number of nitrogens with one attached hydrogen (secondary N) is 1. The molecule has 122 valence electrons. The number of allylic oxidation sites excluding steroid dienone is 1. The first-order valence-electron chi connectivity index (χ1n) is 7.57. The van der Waals surface area contributed by atoms with Gasteiger partial charge in [0.1, 0.15) is 5.75 Å². The Morgan fingerprint density at radius 1 is 1.22 bits per heavy atom. The van der Waals surface area contributed by atoms with Crippen molar-refractivity contribution in [2.75, 3.05) is 0 Å². The highest BCUT2D eigenvalue weighted by atomic mass is 16.5. The van der Waals surface area contributed by atoms with Crippen LogP contribution < -0.4 is 16.0 Å². The lowest BCUT2D eigenvalue weighted by atomic mass is 10.1. The fourth-order valence-electron chi connectivity index (χ4n) is 2.58. The Bertz CT molecular complexity index is 824. The number of hydrogen-bond donors (Lipinski definition) is 1. The summed E-state index contributed by atoms with van der Waals surface area (Å²) in [7, 11) is 0. The minimum Gasteiger partial charge on any atom is -0.440 e.